The number of aliphatic imine (C=N–C) groups is 1. The Morgan fingerprint density at radius 3 is 2.73 bits per heavy atom. The van der Waals surface area contributed by atoms with Gasteiger partial charge >= 0.3 is 6.61 Å². The highest BCUT2D eigenvalue weighted by molar-refractivity contribution is 14.0. The third-order valence-electron chi connectivity index (χ3n) is 4.33. The van der Waals surface area contributed by atoms with Gasteiger partial charge < -0.3 is 20.1 Å². The van der Waals surface area contributed by atoms with Gasteiger partial charge in [0.1, 0.15) is 5.75 Å². The Hall–Kier alpha value is -1.25. The van der Waals surface area contributed by atoms with E-state index in [1.165, 1.54) is 13.1 Å². The van der Waals surface area contributed by atoms with Crippen molar-refractivity contribution in [2.75, 3.05) is 32.5 Å². The van der Waals surface area contributed by atoms with Gasteiger partial charge in [-0.1, -0.05) is 18.2 Å². The first kappa shape index (κ1) is 26.8. The highest BCUT2D eigenvalue weighted by Crippen LogP contribution is 2.19. The number of guanidine groups is 1. The number of nitrogens with one attached hydrogen (secondary N) is 3. The van der Waals surface area contributed by atoms with E-state index < -0.39 is 16.6 Å². The van der Waals surface area contributed by atoms with Crippen LogP contribution in [0.4, 0.5) is 8.78 Å². The quantitative estimate of drug-likeness (QED) is 0.230. The van der Waals surface area contributed by atoms with E-state index in [1.54, 1.807) is 18.2 Å². The van der Waals surface area contributed by atoms with Gasteiger partial charge in [-0.25, -0.2) is 13.1 Å². The Morgan fingerprint density at radius 2 is 2.07 bits per heavy atom. The molecule has 0 radical (unpaired) electrons. The van der Waals surface area contributed by atoms with Crippen molar-refractivity contribution in [3.63, 3.8) is 0 Å². The van der Waals surface area contributed by atoms with Gasteiger partial charge in [0.15, 0.2) is 5.96 Å². The average Bonchev–Trinajstić information content (AvgIpc) is 2.70. The summed E-state index contributed by atoms with van der Waals surface area (Å²) in [6, 6.07) is 6.41. The minimum atomic E-state index is -3.45. The van der Waals surface area contributed by atoms with Gasteiger partial charge in [-0.3, -0.25) is 4.99 Å². The van der Waals surface area contributed by atoms with Crippen LogP contribution >= 0.6 is 24.0 Å². The average molecular weight is 562 g/mol. The molecule has 12 heteroatoms. The first-order chi connectivity index (χ1) is 13.9. The first-order valence-electron chi connectivity index (χ1n) is 9.46. The molecule has 0 amide bonds. The maximum Gasteiger partial charge on any atom is 0.387 e. The van der Waals surface area contributed by atoms with Crippen LogP contribution in [0.3, 0.4) is 0 Å². The Labute approximate surface area is 193 Å². The van der Waals surface area contributed by atoms with Crippen molar-refractivity contribution in [3.05, 3.63) is 29.8 Å². The van der Waals surface area contributed by atoms with Gasteiger partial charge in [-0.15, -0.1) is 24.0 Å². The summed E-state index contributed by atoms with van der Waals surface area (Å²) in [4.78, 5) is 4.00. The van der Waals surface area contributed by atoms with Gasteiger partial charge in [-0.2, -0.15) is 8.78 Å². The number of hydrogen-bond donors (Lipinski definition) is 3. The molecule has 1 aromatic carbocycles. The number of nitrogens with zero attached hydrogens (tertiary/aromatic N) is 1. The highest BCUT2D eigenvalue weighted by Gasteiger charge is 2.17. The second-order valence-electron chi connectivity index (χ2n) is 6.49. The third-order valence-corrected chi connectivity index (χ3v) is 5.67. The molecule has 1 aliphatic rings. The van der Waals surface area contributed by atoms with Crippen molar-refractivity contribution < 1.29 is 26.7 Å². The van der Waals surface area contributed by atoms with Gasteiger partial charge in [0.05, 0.1) is 11.9 Å². The van der Waals surface area contributed by atoms with Crippen LogP contribution in [0, 0.1) is 0 Å². The summed E-state index contributed by atoms with van der Waals surface area (Å²) in [5, 5.41) is 5.84. The number of para-hydroxylation sites is 1. The highest BCUT2D eigenvalue weighted by atomic mass is 127. The van der Waals surface area contributed by atoms with E-state index in [0.29, 0.717) is 18.1 Å². The molecule has 0 bridgehead atoms. The largest absolute Gasteiger partial charge is 0.434 e. The molecule has 1 heterocycles. The van der Waals surface area contributed by atoms with Crippen molar-refractivity contribution in [2.24, 2.45) is 4.99 Å². The molecule has 172 valence electrons. The molecule has 1 atom stereocenters. The normalized spacial score (nSPS) is 17.3. The Bertz CT molecular complexity index is 762. The molecule has 1 fully saturated rings. The molecule has 0 aromatic heterocycles. The Morgan fingerprint density at radius 1 is 1.30 bits per heavy atom. The molecular formula is C18H29F2IN4O4S. The molecule has 30 heavy (non-hydrogen) atoms. The molecule has 3 N–H and O–H groups in total. The van der Waals surface area contributed by atoms with E-state index in [9.17, 15) is 17.2 Å². The van der Waals surface area contributed by atoms with Crippen molar-refractivity contribution in [1.29, 1.82) is 0 Å². The Balaban J connectivity index is 0.00000450. The number of ether oxygens (including phenoxy) is 2. The lowest BCUT2D eigenvalue weighted by atomic mass is 10.1. The molecule has 1 unspecified atom stereocenters. The van der Waals surface area contributed by atoms with E-state index in [1.807, 2.05) is 0 Å². The fraction of sp³-hybridized carbons (Fsp3) is 0.611. The predicted octanol–water partition coefficient (Wildman–Crippen LogP) is 2.06. The van der Waals surface area contributed by atoms with Crippen molar-refractivity contribution in [1.82, 2.24) is 15.4 Å². The SMILES string of the molecule is CN=C(NCCS(=O)(=O)NCC1CCCCO1)NCc1ccccc1OC(F)F.I. The fourth-order valence-electron chi connectivity index (χ4n) is 2.82. The topological polar surface area (TPSA) is 101 Å². The minimum Gasteiger partial charge on any atom is -0.434 e. The van der Waals surface area contributed by atoms with E-state index in [2.05, 4.69) is 25.1 Å². The summed E-state index contributed by atoms with van der Waals surface area (Å²) in [6.45, 7) is -1.65. The molecule has 1 aliphatic heterocycles. The maximum atomic E-state index is 12.5. The number of benzene rings is 1. The molecule has 2 rings (SSSR count). The number of halogens is 3. The van der Waals surface area contributed by atoms with Crippen LogP contribution < -0.4 is 20.1 Å². The van der Waals surface area contributed by atoms with E-state index >= 15 is 0 Å². The summed E-state index contributed by atoms with van der Waals surface area (Å²) in [7, 11) is -1.92. The van der Waals surface area contributed by atoms with Crippen LogP contribution in [0.5, 0.6) is 5.75 Å². The monoisotopic (exact) mass is 562 g/mol. The van der Waals surface area contributed by atoms with Crippen molar-refractivity contribution in [2.45, 2.75) is 38.5 Å². The van der Waals surface area contributed by atoms with E-state index in [-0.39, 0.29) is 61.2 Å². The standard InChI is InChI=1S/C18H28F2N4O4S.HI/c1-21-18(23-12-14-6-2-3-8-16(14)28-17(19)20)22-9-11-29(25,26)24-13-15-7-4-5-10-27-15;/h2-3,6,8,15,17,24H,4-5,7,9-13H2,1H3,(H2,21,22,23);1H. The molecule has 8 nitrogen and oxygen atoms in total. The molecule has 1 saturated heterocycles. The van der Waals surface area contributed by atoms with Gasteiger partial charge in [0, 0.05) is 38.9 Å². The fourth-order valence-corrected chi connectivity index (χ4v) is 3.78. The smallest absolute Gasteiger partial charge is 0.387 e. The number of sulfonamides is 1. The van der Waals surface area contributed by atoms with Gasteiger partial charge in [0.2, 0.25) is 10.0 Å². The van der Waals surface area contributed by atoms with Crippen LogP contribution in [0.1, 0.15) is 24.8 Å². The van der Waals surface area contributed by atoms with Crippen LogP contribution in [0.2, 0.25) is 0 Å². The number of alkyl halides is 2. The summed E-state index contributed by atoms with van der Waals surface area (Å²) >= 11 is 0. The van der Waals surface area contributed by atoms with Crippen LogP contribution in [-0.4, -0.2) is 59.6 Å². The van der Waals surface area contributed by atoms with Gasteiger partial charge in [-0.05, 0) is 25.3 Å². The predicted molar refractivity (Wildman–Crippen MR) is 122 cm³/mol. The molecular weight excluding hydrogens is 533 g/mol. The van der Waals surface area contributed by atoms with Crippen LogP contribution in [0.25, 0.3) is 0 Å². The van der Waals surface area contributed by atoms with E-state index in [4.69, 9.17) is 4.74 Å². The lowest BCUT2D eigenvalue weighted by Crippen LogP contribution is -2.42. The second kappa shape index (κ2) is 13.9. The minimum absolute atomic E-state index is 0. The van der Waals surface area contributed by atoms with E-state index in [0.717, 1.165) is 19.3 Å². The van der Waals surface area contributed by atoms with Crippen LogP contribution in [0.15, 0.2) is 29.3 Å². The molecule has 0 spiro atoms. The van der Waals surface area contributed by atoms with Crippen molar-refractivity contribution >= 4 is 40.0 Å². The number of rotatable bonds is 10. The summed E-state index contributed by atoms with van der Waals surface area (Å²) in [6.07, 6.45) is 2.84. The summed E-state index contributed by atoms with van der Waals surface area (Å²) < 4.78 is 61.7. The lowest BCUT2D eigenvalue weighted by Gasteiger charge is -2.22. The third kappa shape index (κ3) is 10.2. The van der Waals surface area contributed by atoms with Crippen molar-refractivity contribution in [3.8, 4) is 5.75 Å². The van der Waals surface area contributed by atoms with Gasteiger partial charge in [0.25, 0.3) is 0 Å². The zero-order valence-electron chi connectivity index (χ0n) is 16.8. The molecule has 0 saturated carbocycles. The molecule has 1 aromatic rings. The number of hydrogen-bond acceptors (Lipinski definition) is 5. The van der Waals surface area contributed by atoms with Crippen LogP contribution in [-0.2, 0) is 21.3 Å². The summed E-state index contributed by atoms with van der Waals surface area (Å²) in [5.41, 5.74) is 0.525. The zero-order valence-corrected chi connectivity index (χ0v) is 19.9. The summed E-state index contributed by atoms with van der Waals surface area (Å²) in [5.74, 6) is 0.288. The Kier molecular flexibility index (Phi) is 12.4. The first-order valence-corrected chi connectivity index (χ1v) is 11.1. The zero-order chi connectivity index (χ0) is 21.1. The molecule has 0 aliphatic carbocycles. The lowest BCUT2D eigenvalue weighted by molar-refractivity contribution is -0.0504. The maximum absolute atomic E-state index is 12.5. The second-order valence-corrected chi connectivity index (χ2v) is 8.42.